The van der Waals surface area contributed by atoms with Crippen LogP contribution in [0.5, 0.6) is 11.5 Å². The molecular formula is C17H17F3N4O3. The van der Waals surface area contributed by atoms with Crippen molar-refractivity contribution in [2.24, 2.45) is 10.8 Å². The monoisotopic (exact) mass is 382 g/mol. The summed E-state index contributed by atoms with van der Waals surface area (Å²) in [5.74, 6) is 0.294. The van der Waals surface area contributed by atoms with Crippen LogP contribution in [0.4, 0.5) is 19.0 Å². The van der Waals surface area contributed by atoms with Gasteiger partial charge in [-0.1, -0.05) is 0 Å². The van der Waals surface area contributed by atoms with Crippen LogP contribution in [0.25, 0.3) is 0 Å². The van der Waals surface area contributed by atoms with Crippen molar-refractivity contribution in [1.29, 1.82) is 0 Å². The van der Waals surface area contributed by atoms with Gasteiger partial charge in [0.25, 0.3) is 5.91 Å². The zero-order chi connectivity index (χ0) is 19.9. The van der Waals surface area contributed by atoms with Gasteiger partial charge >= 0.3 is 6.18 Å². The third-order valence-corrected chi connectivity index (χ3v) is 3.12. The number of carbonyl (C=O) groups is 1. The van der Waals surface area contributed by atoms with Crippen molar-refractivity contribution in [3.63, 3.8) is 0 Å². The molecule has 0 aliphatic rings. The maximum Gasteiger partial charge on any atom is 0.417 e. The molecule has 2 rings (SSSR count). The Morgan fingerprint density at radius 3 is 2.63 bits per heavy atom. The Morgan fingerprint density at radius 2 is 2.04 bits per heavy atom. The highest BCUT2D eigenvalue weighted by molar-refractivity contribution is 5.81. The van der Waals surface area contributed by atoms with E-state index in [1.54, 1.807) is 25.1 Å². The number of rotatable bonds is 8. The Balaban J connectivity index is 2.05. The Labute approximate surface area is 153 Å². The molecule has 3 N–H and O–H groups in total. The van der Waals surface area contributed by atoms with Gasteiger partial charge in [-0.3, -0.25) is 10.2 Å². The van der Waals surface area contributed by atoms with Crippen LogP contribution in [0.15, 0.2) is 41.6 Å². The molecule has 0 unspecified atom stereocenters. The molecule has 1 aromatic heterocycles. The third-order valence-electron chi connectivity index (χ3n) is 3.12. The van der Waals surface area contributed by atoms with E-state index in [1.807, 2.05) is 0 Å². The van der Waals surface area contributed by atoms with Crippen molar-refractivity contribution in [2.75, 3.05) is 18.6 Å². The van der Waals surface area contributed by atoms with Gasteiger partial charge in [-0.2, -0.15) is 18.3 Å². The molecule has 0 spiro atoms. The minimum atomic E-state index is -4.44. The molecule has 0 aliphatic carbocycles. The summed E-state index contributed by atoms with van der Waals surface area (Å²) < 4.78 is 48.2. The van der Waals surface area contributed by atoms with Gasteiger partial charge in [-0.25, -0.2) is 4.98 Å². The minimum absolute atomic E-state index is 0.158. The largest absolute Gasteiger partial charge is 0.490 e. The van der Waals surface area contributed by atoms with Gasteiger partial charge in [0.2, 0.25) is 0 Å². The predicted octanol–water partition coefficient (Wildman–Crippen LogP) is 2.81. The van der Waals surface area contributed by atoms with E-state index in [2.05, 4.69) is 15.5 Å². The average Bonchev–Trinajstić information content (AvgIpc) is 2.61. The van der Waals surface area contributed by atoms with Crippen LogP contribution in [-0.4, -0.2) is 30.3 Å². The van der Waals surface area contributed by atoms with E-state index in [1.165, 1.54) is 12.3 Å². The lowest BCUT2D eigenvalue weighted by atomic mass is 10.2. The number of aromatic nitrogens is 1. The molecule has 144 valence electrons. The Kier molecular flexibility index (Phi) is 6.58. The van der Waals surface area contributed by atoms with Crippen molar-refractivity contribution < 1.29 is 27.4 Å². The lowest BCUT2D eigenvalue weighted by Crippen LogP contribution is -2.20. The summed E-state index contributed by atoms with van der Waals surface area (Å²) in [4.78, 5) is 14.5. The first-order chi connectivity index (χ1) is 12.8. The van der Waals surface area contributed by atoms with E-state index in [-0.39, 0.29) is 12.4 Å². The number of benzene rings is 1. The second-order valence-corrected chi connectivity index (χ2v) is 5.19. The number of carbonyl (C=O) groups excluding carboxylic acids is 1. The second-order valence-electron chi connectivity index (χ2n) is 5.19. The molecule has 27 heavy (non-hydrogen) atoms. The highest BCUT2D eigenvalue weighted by Gasteiger charge is 2.30. The summed E-state index contributed by atoms with van der Waals surface area (Å²) in [6, 6.07) is 6.95. The predicted molar refractivity (Wildman–Crippen MR) is 92.8 cm³/mol. The van der Waals surface area contributed by atoms with E-state index in [4.69, 9.17) is 15.2 Å². The average molecular weight is 382 g/mol. The summed E-state index contributed by atoms with van der Waals surface area (Å²) in [6.45, 7) is 1.88. The number of hydrogen-bond acceptors (Lipinski definition) is 6. The molecule has 10 heteroatoms. The lowest BCUT2D eigenvalue weighted by molar-refractivity contribution is -0.137. The first-order valence-electron chi connectivity index (χ1n) is 7.80. The van der Waals surface area contributed by atoms with Gasteiger partial charge in [-0.05, 0) is 42.8 Å². The van der Waals surface area contributed by atoms with Gasteiger partial charge in [0.15, 0.2) is 18.1 Å². The highest BCUT2D eigenvalue weighted by Crippen LogP contribution is 2.29. The number of alkyl halides is 3. The van der Waals surface area contributed by atoms with Gasteiger partial charge in [-0.15, -0.1) is 0 Å². The van der Waals surface area contributed by atoms with Crippen LogP contribution in [0.3, 0.4) is 0 Å². The van der Waals surface area contributed by atoms with Gasteiger partial charge in [0, 0.05) is 6.20 Å². The fraction of sp³-hybridized carbons (Fsp3) is 0.235. The van der Waals surface area contributed by atoms with Crippen LogP contribution in [0, 0.1) is 0 Å². The summed E-state index contributed by atoms with van der Waals surface area (Å²) in [7, 11) is 0. The van der Waals surface area contributed by atoms with Crippen LogP contribution in [0.1, 0.15) is 18.1 Å². The molecule has 0 saturated heterocycles. The summed E-state index contributed by atoms with van der Waals surface area (Å²) in [6.07, 6.45) is -2.29. The molecule has 1 amide bonds. The number of pyridine rings is 1. The van der Waals surface area contributed by atoms with Crippen molar-refractivity contribution in [2.45, 2.75) is 13.1 Å². The number of ether oxygens (including phenoxy) is 2. The number of anilines is 1. The summed E-state index contributed by atoms with van der Waals surface area (Å²) >= 11 is 0. The minimum Gasteiger partial charge on any atom is -0.490 e. The molecule has 0 saturated carbocycles. The summed E-state index contributed by atoms with van der Waals surface area (Å²) in [5.41, 5.74) is 7.37. The van der Waals surface area contributed by atoms with Crippen LogP contribution in [-0.2, 0) is 11.0 Å². The van der Waals surface area contributed by atoms with E-state index < -0.39 is 17.6 Å². The number of hydrogen-bond donors (Lipinski definition) is 2. The maximum atomic E-state index is 12.5. The molecule has 1 aromatic carbocycles. The number of primary amides is 1. The van der Waals surface area contributed by atoms with Gasteiger partial charge in [0.1, 0.15) is 5.82 Å². The zero-order valence-corrected chi connectivity index (χ0v) is 14.3. The number of nitrogens with one attached hydrogen (secondary N) is 1. The van der Waals surface area contributed by atoms with Gasteiger partial charge in [0.05, 0.1) is 18.4 Å². The van der Waals surface area contributed by atoms with Crippen LogP contribution < -0.4 is 20.6 Å². The maximum absolute atomic E-state index is 12.5. The third kappa shape index (κ3) is 6.17. The normalized spacial score (nSPS) is 11.4. The molecule has 0 atom stereocenters. The van der Waals surface area contributed by atoms with E-state index in [0.717, 1.165) is 12.3 Å². The molecule has 0 aliphatic heterocycles. The van der Waals surface area contributed by atoms with Crippen molar-refractivity contribution in [3.05, 3.63) is 47.7 Å². The van der Waals surface area contributed by atoms with Crippen LogP contribution in [0.2, 0.25) is 0 Å². The summed E-state index contributed by atoms with van der Waals surface area (Å²) in [5, 5.41) is 3.92. The fourth-order valence-electron chi connectivity index (χ4n) is 1.94. The van der Waals surface area contributed by atoms with Crippen LogP contribution >= 0.6 is 0 Å². The standard InChI is InChI=1S/C17H17F3N4O3/c1-2-26-14-7-11(3-5-13(14)27-10-15(21)25)8-23-24-16-6-4-12(9-22-16)17(18,19)20/h3-9H,2,10H2,1H3,(H2,21,25)(H,22,24). The number of nitrogens with zero attached hydrogens (tertiary/aromatic N) is 2. The fourth-order valence-corrected chi connectivity index (χ4v) is 1.94. The Hall–Kier alpha value is -3.30. The second kappa shape index (κ2) is 8.88. The molecule has 2 aromatic rings. The van der Waals surface area contributed by atoms with E-state index in [9.17, 15) is 18.0 Å². The molecule has 0 fully saturated rings. The smallest absolute Gasteiger partial charge is 0.417 e. The molecular weight excluding hydrogens is 365 g/mol. The number of hydrazone groups is 1. The van der Waals surface area contributed by atoms with Gasteiger partial charge < -0.3 is 15.2 Å². The molecule has 0 radical (unpaired) electrons. The number of nitrogens with two attached hydrogens (primary N) is 1. The Bertz CT molecular complexity index is 808. The Morgan fingerprint density at radius 1 is 1.26 bits per heavy atom. The molecule has 1 heterocycles. The van der Waals surface area contributed by atoms with Crippen molar-refractivity contribution >= 4 is 17.9 Å². The van der Waals surface area contributed by atoms with Crippen molar-refractivity contribution in [1.82, 2.24) is 4.98 Å². The topological polar surface area (TPSA) is 98.8 Å². The SMILES string of the molecule is CCOc1cc(C=NNc2ccc(C(F)(F)F)cn2)ccc1OCC(N)=O. The number of amides is 1. The molecule has 7 nitrogen and oxygen atoms in total. The lowest BCUT2D eigenvalue weighted by Gasteiger charge is -2.11. The first kappa shape index (κ1) is 20.0. The van der Waals surface area contributed by atoms with E-state index >= 15 is 0 Å². The number of halogens is 3. The highest BCUT2D eigenvalue weighted by atomic mass is 19.4. The van der Waals surface area contributed by atoms with Crippen molar-refractivity contribution in [3.8, 4) is 11.5 Å². The quantitative estimate of drug-likeness (QED) is 0.540. The zero-order valence-electron chi connectivity index (χ0n) is 14.3. The molecule has 0 bridgehead atoms. The first-order valence-corrected chi connectivity index (χ1v) is 7.80. The van der Waals surface area contributed by atoms with E-state index in [0.29, 0.717) is 23.7 Å².